The van der Waals surface area contributed by atoms with Crippen molar-refractivity contribution in [1.82, 2.24) is 25.7 Å². The summed E-state index contributed by atoms with van der Waals surface area (Å²) in [5.74, 6) is 1.07. The first-order chi connectivity index (χ1) is 15.2. The lowest BCUT2D eigenvalue weighted by molar-refractivity contribution is 0.257. The Kier molecular flexibility index (Phi) is 5.92. The van der Waals surface area contributed by atoms with Gasteiger partial charge in [-0.2, -0.15) is 5.10 Å². The zero-order valence-corrected chi connectivity index (χ0v) is 18.6. The zero-order valence-electron chi connectivity index (χ0n) is 18.6. The second kappa shape index (κ2) is 8.66. The van der Waals surface area contributed by atoms with E-state index >= 15 is 0 Å². The largest absolute Gasteiger partial charge is 0.507 e. The first-order valence-corrected chi connectivity index (χ1v) is 10.4. The predicted molar refractivity (Wildman–Crippen MR) is 120 cm³/mol. The maximum absolute atomic E-state index is 14.5. The van der Waals surface area contributed by atoms with Crippen LogP contribution in [0.4, 0.5) is 10.2 Å². The summed E-state index contributed by atoms with van der Waals surface area (Å²) >= 11 is 0. The molecular formula is C23H27FN6O2. The Labute approximate surface area is 186 Å². The van der Waals surface area contributed by atoms with Crippen molar-refractivity contribution in [2.45, 2.75) is 38.5 Å². The van der Waals surface area contributed by atoms with Crippen molar-refractivity contribution >= 4 is 5.82 Å². The number of benzene rings is 1. The van der Waals surface area contributed by atoms with E-state index in [-0.39, 0.29) is 23.9 Å². The van der Waals surface area contributed by atoms with E-state index in [4.69, 9.17) is 4.74 Å². The number of hydrogen-bond acceptors (Lipinski definition) is 8. The molecule has 1 aliphatic rings. The molecule has 0 amide bonds. The van der Waals surface area contributed by atoms with Crippen molar-refractivity contribution in [3.63, 3.8) is 0 Å². The molecule has 0 bridgehead atoms. The Hall–Kier alpha value is -3.33. The van der Waals surface area contributed by atoms with Crippen molar-refractivity contribution in [2.75, 3.05) is 25.1 Å². The van der Waals surface area contributed by atoms with Gasteiger partial charge < -0.3 is 20.1 Å². The number of rotatable bonds is 5. The zero-order chi connectivity index (χ0) is 22.9. The number of methoxy groups -OCH3 is 1. The lowest BCUT2D eigenvalue weighted by atomic mass is 10.0. The molecule has 0 unspecified atom stereocenters. The fraction of sp³-hybridized carbons (Fsp3) is 0.391. The molecule has 0 saturated carbocycles. The van der Waals surface area contributed by atoms with Gasteiger partial charge in [0.05, 0.1) is 31.6 Å². The number of phenols is 1. The third-order valence-electron chi connectivity index (χ3n) is 5.29. The van der Waals surface area contributed by atoms with Gasteiger partial charge in [0.25, 0.3) is 0 Å². The summed E-state index contributed by atoms with van der Waals surface area (Å²) in [6.45, 7) is 6.87. The normalized spacial score (nSPS) is 18.7. The van der Waals surface area contributed by atoms with E-state index in [1.807, 2.05) is 31.7 Å². The Morgan fingerprint density at radius 2 is 1.88 bits per heavy atom. The quantitative estimate of drug-likeness (QED) is 0.627. The van der Waals surface area contributed by atoms with E-state index in [0.717, 1.165) is 11.1 Å². The number of nitrogens with one attached hydrogen (secondary N) is 1. The third-order valence-corrected chi connectivity index (χ3v) is 5.29. The molecule has 4 rings (SSSR count). The third kappa shape index (κ3) is 4.77. The first kappa shape index (κ1) is 21.9. The molecule has 1 saturated heterocycles. The Morgan fingerprint density at radius 1 is 1.06 bits per heavy atom. The molecule has 2 N–H and O–H groups in total. The second-order valence-electron chi connectivity index (χ2n) is 8.92. The number of aromatic nitrogens is 4. The number of alkyl halides is 1. The molecule has 8 nitrogen and oxygen atoms in total. The summed E-state index contributed by atoms with van der Waals surface area (Å²) < 4.78 is 19.6. The maximum Gasteiger partial charge on any atom is 0.233 e. The van der Waals surface area contributed by atoms with Gasteiger partial charge in [0, 0.05) is 29.3 Å². The van der Waals surface area contributed by atoms with Crippen LogP contribution in [0.1, 0.15) is 20.8 Å². The first-order valence-electron chi connectivity index (χ1n) is 10.4. The fourth-order valence-electron chi connectivity index (χ4n) is 3.81. The van der Waals surface area contributed by atoms with Gasteiger partial charge in [0.2, 0.25) is 5.88 Å². The van der Waals surface area contributed by atoms with Crippen LogP contribution in [0.15, 0.2) is 42.6 Å². The van der Waals surface area contributed by atoms with Gasteiger partial charge in [-0.05, 0) is 50.6 Å². The summed E-state index contributed by atoms with van der Waals surface area (Å²) in [5.41, 5.74) is 2.46. The molecule has 2 atom stereocenters. The number of hydrogen-bond donors (Lipinski definition) is 2. The van der Waals surface area contributed by atoms with Crippen LogP contribution in [0, 0.1) is 0 Å². The molecule has 3 aromatic rings. The van der Waals surface area contributed by atoms with Crippen LogP contribution in [0.5, 0.6) is 11.6 Å². The summed E-state index contributed by atoms with van der Waals surface area (Å²) in [6.07, 6.45) is 0.621. The minimum absolute atomic E-state index is 0.0692. The highest BCUT2D eigenvalue weighted by molar-refractivity contribution is 5.74. The molecule has 9 heteroatoms. The number of anilines is 1. The van der Waals surface area contributed by atoms with Crippen molar-refractivity contribution in [3.8, 4) is 34.0 Å². The molecular weight excluding hydrogens is 411 g/mol. The van der Waals surface area contributed by atoms with Crippen LogP contribution in [0.2, 0.25) is 0 Å². The predicted octanol–water partition coefficient (Wildman–Crippen LogP) is 3.23. The molecule has 168 valence electrons. The van der Waals surface area contributed by atoms with E-state index < -0.39 is 6.17 Å². The van der Waals surface area contributed by atoms with Crippen molar-refractivity contribution < 1.29 is 14.2 Å². The molecule has 1 fully saturated rings. The number of ether oxygens (including phenoxy) is 1. The Bertz CT molecular complexity index is 1090. The topological polar surface area (TPSA) is 96.3 Å². The summed E-state index contributed by atoms with van der Waals surface area (Å²) in [4.78, 5) is 1.89. The van der Waals surface area contributed by atoms with Gasteiger partial charge >= 0.3 is 0 Å². The summed E-state index contributed by atoms with van der Waals surface area (Å²) in [7, 11) is 1.52. The smallest absolute Gasteiger partial charge is 0.233 e. The van der Waals surface area contributed by atoms with Crippen LogP contribution in [-0.2, 0) is 0 Å². The average molecular weight is 439 g/mol. The second-order valence-corrected chi connectivity index (χ2v) is 8.92. The molecule has 0 aliphatic carbocycles. The lowest BCUT2D eigenvalue weighted by Gasteiger charge is -2.26. The molecule has 0 spiro atoms. The van der Waals surface area contributed by atoms with Gasteiger partial charge in [-0.25, -0.2) is 4.39 Å². The van der Waals surface area contributed by atoms with Gasteiger partial charge in [0.1, 0.15) is 11.9 Å². The van der Waals surface area contributed by atoms with Crippen molar-refractivity contribution in [1.29, 1.82) is 0 Å². The van der Waals surface area contributed by atoms with Crippen molar-refractivity contribution in [2.24, 2.45) is 0 Å². The molecule has 0 radical (unpaired) electrons. The molecule has 1 aliphatic heterocycles. The molecule has 2 aromatic heterocycles. The lowest BCUT2D eigenvalue weighted by Crippen LogP contribution is -2.48. The van der Waals surface area contributed by atoms with E-state index in [1.165, 1.54) is 7.11 Å². The van der Waals surface area contributed by atoms with Crippen LogP contribution in [0.3, 0.4) is 0 Å². The molecule has 3 heterocycles. The van der Waals surface area contributed by atoms with Gasteiger partial charge in [-0.15, -0.1) is 15.3 Å². The SMILES string of the molecule is COc1cc(-c2ccc(-c3ccc(N4C[C@H](NC(C)(C)C)[C@@H](F)C4)nn3)c(O)c2)cnn1. The standard InChI is InChI=1S/C23H27FN6O2/c1-23(2,3)26-19-13-30(12-17(19)24)21-8-7-18(27-28-21)16-6-5-14(9-20(16)31)15-10-22(32-4)29-25-11-15/h5-11,17,19,26,31H,12-13H2,1-4H3/t17-,19-/m0/s1. The Morgan fingerprint density at radius 3 is 2.53 bits per heavy atom. The highest BCUT2D eigenvalue weighted by Crippen LogP contribution is 2.33. The minimum Gasteiger partial charge on any atom is -0.507 e. The van der Waals surface area contributed by atoms with Gasteiger partial charge in [-0.1, -0.05) is 6.07 Å². The van der Waals surface area contributed by atoms with Crippen molar-refractivity contribution in [3.05, 3.63) is 42.6 Å². The van der Waals surface area contributed by atoms with E-state index in [0.29, 0.717) is 29.5 Å². The molecule has 1 aromatic carbocycles. The summed E-state index contributed by atoms with van der Waals surface area (Å²) in [6, 6.07) is 10.3. The van der Waals surface area contributed by atoms with Gasteiger partial charge in [0.15, 0.2) is 5.82 Å². The van der Waals surface area contributed by atoms with Crippen LogP contribution in [-0.4, -0.2) is 63.5 Å². The van der Waals surface area contributed by atoms with E-state index in [9.17, 15) is 9.50 Å². The van der Waals surface area contributed by atoms with Gasteiger partial charge in [-0.3, -0.25) is 0 Å². The highest BCUT2D eigenvalue weighted by atomic mass is 19.1. The molecule has 32 heavy (non-hydrogen) atoms. The number of phenolic OH excluding ortho intramolecular Hbond substituents is 1. The number of nitrogens with zero attached hydrogens (tertiary/aromatic N) is 5. The van der Waals surface area contributed by atoms with Crippen LogP contribution in [0.25, 0.3) is 22.4 Å². The van der Waals surface area contributed by atoms with E-state index in [1.54, 1.807) is 36.5 Å². The highest BCUT2D eigenvalue weighted by Gasteiger charge is 2.35. The fourth-order valence-corrected chi connectivity index (χ4v) is 3.81. The maximum atomic E-state index is 14.5. The average Bonchev–Trinajstić information content (AvgIpc) is 3.12. The number of halogens is 1. The van der Waals surface area contributed by atoms with E-state index in [2.05, 4.69) is 25.7 Å². The Balaban J connectivity index is 1.51. The van der Waals surface area contributed by atoms with Crippen LogP contribution < -0.4 is 15.0 Å². The monoisotopic (exact) mass is 438 g/mol. The van der Waals surface area contributed by atoms with Crippen LogP contribution >= 0.6 is 0 Å². The summed E-state index contributed by atoms with van der Waals surface area (Å²) in [5, 5.41) is 30.2. The minimum atomic E-state index is -0.978. The number of aromatic hydroxyl groups is 1.